The largest absolute Gasteiger partial charge is 0.492 e. The maximum Gasteiger partial charge on any atom is 0.126 e. The van der Waals surface area contributed by atoms with Gasteiger partial charge in [0.15, 0.2) is 0 Å². The van der Waals surface area contributed by atoms with Crippen LogP contribution in [0.3, 0.4) is 0 Å². The van der Waals surface area contributed by atoms with E-state index in [-0.39, 0.29) is 5.82 Å². The van der Waals surface area contributed by atoms with Gasteiger partial charge in [0.1, 0.15) is 18.2 Å². The standard InChI is InChI=1S/C10H14FNO/c1-8-7-9(3-4-10(8)11)13-6-5-12-2/h3-4,7,12H,5-6H2,1-2H3. The molecule has 1 aromatic carbocycles. The first-order chi connectivity index (χ1) is 6.24. The Balaban J connectivity index is 2.53. The second-order valence-electron chi connectivity index (χ2n) is 2.86. The van der Waals surface area contributed by atoms with Crippen LogP contribution in [-0.4, -0.2) is 20.2 Å². The number of halogens is 1. The molecular weight excluding hydrogens is 169 g/mol. The lowest BCUT2D eigenvalue weighted by atomic mass is 10.2. The highest BCUT2D eigenvalue weighted by Gasteiger charge is 1.98. The molecule has 2 nitrogen and oxygen atoms in total. The van der Waals surface area contributed by atoms with E-state index in [9.17, 15) is 4.39 Å². The van der Waals surface area contributed by atoms with E-state index >= 15 is 0 Å². The van der Waals surface area contributed by atoms with Crippen molar-refractivity contribution in [3.8, 4) is 5.75 Å². The van der Waals surface area contributed by atoms with Crippen molar-refractivity contribution in [2.75, 3.05) is 20.2 Å². The number of benzene rings is 1. The van der Waals surface area contributed by atoms with Crippen LogP contribution in [0.5, 0.6) is 5.75 Å². The summed E-state index contributed by atoms with van der Waals surface area (Å²) in [4.78, 5) is 0. The molecule has 72 valence electrons. The smallest absolute Gasteiger partial charge is 0.126 e. The number of likely N-dealkylation sites (N-methyl/N-ethyl adjacent to an activating group) is 1. The molecule has 0 aromatic heterocycles. The number of ether oxygens (including phenoxy) is 1. The summed E-state index contributed by atoms with van der Waals surface area (Å²) in [6.07, 6.45) is 0. The van der Waals surface area contributed by atoms with Crippen LogP contribution in [-0.2, 0) is 0 Å². The van der Waals surface area contributed by atoms with Gasteiger partial charge >= 0.3 is 0 Å². The van der Waals surface area contributed by atoms with E-state index in [0.29, 0.717) is 17.9 Å². The summed E-state index contributed by atoms with van der Waals surface area (Å²) in [5, 5.41) is 2.96. The van der Waals surface area contributed by atoms with Crippen molar-refractivity contribution in [3.05, 3.63) is 29.6 Å². The third-order valence-corrected chi connectivity index (χ3v) is 1.75. The summed E-state index contributed by atoms with van der Waals surface area (Å²) < 4.78 is 18.2. The molecule has 0 saturated heterocycles. The maximum atomic E-state index is 12.8. The van der Waals surface area contributed by atoms with E-state index in [4.69, 9.17) is 4.74 Å². The summed E-state index contributed by atoms with van der Waals surface area (Å²) in [6.45, 7) is 3.11. The number of hydrogen-bond acceptors (Lipinski definition) is 2. The van der Waals surface area contributed by atoms with Gasteiger partial charge in [0.2, 0.25) is 0 Å². The second kappa shape index (κ2) is 4.82. The van der Waals surface area contributed by atoms with E-state index in [1.807, 2.05) is 7.05 Å². The third kappa shape index (κ3) is 3.03. The summed E-state index contributed by atoms with van der Waals surface area (Å²) in [6, 6.07) is 4.76. The molecule has 1 rings (SSSR count). The predicted molar refractivity (Wildman–Crippen MR) is 50.6 cm³/mol. The third-order valence-electron chi connectivity index (χ3n) is 1.75. The van der Waals surface area contributed by atoms with E-state index in [0.717, 1.165) is 6.54 Å². The highest BCUT2D eigenvalue weighted by Crippen LogP contribution is 2.15. The molecule has 0 heterocycles. The maximum absolute atomic E-state index is 12.8. The Labute approximate surface area is 77.7 Å². The molecule has 13 heavy (non-hydrogen) atoms. The molecule has 0 aliphatic heterocycles. The van der Waals surface area contributed by atoms with Gasteiger partial charge in [-0.1, -0.05) is 0 Å². The van der Waals surface area contributed by atoms with Crippen molar-refractivity contribution in [3.63, 3.8) is 0 Å². The number of nitrogens with one attached hydrogen (secondary N) is 1. The van der Waals surface area contributed by atoms with Crippen LogP contribution in [0, 0.1) is 12.7 Å². The lowest BCUT2D eigenvalue weighted by Crippen LogP contribution is -2.15. The van der Waals surface area contributed by atoms with Crippen LogP contribution in [0.15, 0.2) is 18.2 Å². The molecule has 0 fully saturated rings. The van der Waals surface area contributed by atoms with Gasteiger partial charge in [-0.25, -0.2) is 4.39 Å². The van der Waals surface area contributed by atoms with Gasteiger partial charge < -0.3 is 10.1 Å². The van der Waals surface area contributed by atoms with E-state index < -0.39 is 0 Å². The van der Waals surface area contributed by atoms with Gasteiger partial charge in [-0.05, 0) is 37.7 Å². The fraction of sp³-hybridized carbons (Fsp3) is 0.400. The normalized spacial score (nSPS) is 10.1. The Morgan fingerprint density at radius 3 is 2.85 bits per heavy atom. The molecular formula is C10H14FNO. The highest BCUT2D eigenvalue weighted by molar-refractivity contribution is 5.28. The molecule has 0 radical (unpaired) electrons. The Morgan fingerprint density at radius 2 is 2.23 bits per heavy atom. The van der Waals surface area contributed by atoms with Crippen molar-refractivity contribution in [1.29, 1.82) is 0 Å². The fourth-order valence-corrected chi connectivity index (χ4v) is 0.978. The molecule has 0 aliphatic rings. The topological polar surface area (TPSA) is 21.3 Å². The quantitative estimate of drug-likeness (QED) is 0.718. The van der Waals surface area contributed by atoms with E-state index in [2.05, 4.69) is 5.32 Å². The molecule has 0 atom stereocenters. The van der Waals surface area contributed by atoms with Gasteiger partial charge in [0.25, 0.3) is 0 Å². The minimum Gasteiger partial charge on any atom is -0.492 e. The molecule has 0 spiro atoms. The van der Waals surface area contributed by atoms with Crippen LogP contribution < -0.4 is 10.1 Å². The molecule has 0 aliphatic carbocycles. The SMILES string of the molecule is CNCCOc1ccc(F)c(C)c1. The molecule has 1 N–H and O–H groups in total. The first-order valence-electron chi connectivity index (χ1n) is 4.27. The van der Waals surface area contributed by atoms with Crippen molar-refractivity contribution in [2.45, 2.75) is 6.92 Å². The number of rotatable bonds is 4. The van der Waals surface area contributed by atoms with Gasteiger partial charge in [-0.2, -0.15) is 0 Å². The Morgan fingerprint density at radius 1 is 1.46 bits per heavy atom. The minimum atomic E-state index is -0.194. The highest BCUT2D eigenvalue weighted by atomic mass is 19.1. The zero-order valence-electron chi connectivity index (χ0n) is 7.93. The Hall–Kier alpha value is -1.09. The first kappa shape index (κ1) is 9.99. The lowest BCUT2D eigenvalue weighted by molar-refractivity contribution is 0.317. The average Bonchev–Trinajstić information content (AvgIpc) is 2.12. The van der Waals surface area contributed by atoms with Crippen molar-refractivity contribution in [1.82, 2.24) is 5.32 Å². The lowest BCUT2D eigenvalue weighted by Gasteiger charge is -2.06. The van der Waals surface area contributed by atoms with Gasteiger partial charge in [-0.15, -0.1) is 0 Å². The average molecular weight is 183 g/mol. The molecule has 3 heteroatoms. The van der Waals surface area contributed by atoms with E-state index in [1.54, 1.807) is 19.1 Å². The molecule has 0 bridgehead atoms. The molecule has 0 unspecified atom stereocenters. The van der Waals surface area contributed by atoms with Gasteiger partial charge in [-0.3, -0.25) is 0 Å². The Bertz CT molecular complexity index is 276. The van der Waals surface area contributed by atoms with Crippen LogP contribution in [0.2, 0.25) is 0 Å². The van der Waals surface area contributed by atoms with Crippen LogP contribution >= 0.6 is 0 Å². The zero-order valence-corrected chi connectivity index (χ0v) is 7.93. The summed E-state index contributed by atoms with van der Waals surface area (Å²) in [5.41, 5.74) is 0.613. The van der Waals surface area contributed by atoms with Crippen LogP contribution in [0.25, 0.3) is 0 Å². The monoisotopic (exact) mass is 183 g/mol. The number of aryl methyl sites for hydroxylation is 1. The first-order valence-corrected chi connectivity index (χ1v) is 4.27. The van der Waals surface area contributed by atoms with Crippen molar-refractivity contribution < 1.29 is 9.13 Å². The van der Waals surface area contributed by atoms with Crippen molar-refractivity contribution >= 4 is 0 Å². The fourth-order valence-electron chi connectivity index (χ4n) is 0.978. The Kier molecular flexibility index (Phi) is 3.71. The van der Waals surface area contributed by atoms with Crippen molar-refractivity contribution in [2.24, 2.45) is 0 Å². The van der Waals surface area contributed by atoms with Gasteiger partial charge in [0.05, 0.1) is 0 Å². The molecule has 0 saturated carbocycles. The summed E-state index contributed by atoms with van der Waals surface area (Å²) in [5.74, 6) is 0.523. The van der Waals surface area contributed by atoms with Gasteiger partial charge in [0, 0.05) is 6.54 Å². The predicted octanol–water partition coefficient (Wildman–Crippen LogP) is 1.73. The second-order valence-corrected chi connectivity index (χ2v) is 2.86. The van der Waals surface area contributed by atoms with Crippen LogP contribution in [0.1, 0.15) is 5.56 Å². The number of hydrogen-bond donors (Lipinski definition) is 1. The van der Waals surface area contributed by atoms with Crippen LogP contribution in [0.4, 0.5) is 4.39 Å². The zero-order chi connectivity index (χ0) is 9.68. The molecule has 0 amide bonds. The summed E-state index contributed by atoms with van der Waals surface area (Å²) >= 11 is 0. The molecule has 1 aromatic rings. The summed E-state index contributed by atoms with van der Waals surface area (Å²) in [7, 11) is 1.86. The minimum absolute atomic E-state index is 0.194. The van der Waals surface area contributed by atoms with E-state index in [1.165, 1.54) is 6.07 Å².